The summed E-state index contributed by atoms with van der Waals surface area (Å²) in [6.07, 6.45) is 5.58. The molecule has 0 amide bonds. The smallest absolute Gasteiger partial charge is 0.126 e. The van der Waals surface area contributed by atoms with Gasteiger partial charge in [-0.2, -0.15) is 0 Å². The average molecular weight is 254 g/mol. The summed E-state index contributed by atoms with van der Waals surface area (Å²) < 4.78 is 5.30. The van der Waals surface area contributed by atoms with Crippen molar-refractivity contribution in [1.82, 2.24) is 0 Å². The molecule has 1 aromatic heterocycles. The number of benzene rings is 1. The van der Waals surface area contributed by atoms with Gasteiger partial charge >= 0.3 is 0 Å². The molecule has 98 valence electrons. The zero-order valence-corrected chi connectivity index (χ0v) is 11.3. The molecule has 1 heterocycles. The number of furan rings is 1. The van der Waals surface area contributed by atoms with Crippen molar-refractivity contribution in [3.8, 4) is 0 Å². The molecule has 0 saturated heterocycles. The van der Waals surface area contributed by atoms with Gasteiger partial charge in [0.15, 0.2) is 0 Å². The quantitative estimate of drug-likeness (QED) is 0.666. The van der Waals surface area contributed by atoms with Crippen LogP contribution in [0.5, 0.6) is 0 Å². The fraction of sp³-hybridized carbons (Fsp3) is 0.125. The van der Waals surface area contributed by atoms with Gasteiger partial charge in [-0.15, -0.1) is 0 Å². The SMILES string of the molecule is C=C(C)c1cccc(N(C)N)c1/C=C/c1ccco1. The van der Waals surface area contributed by atoms with Gasteiger partial charge in [0.05, 0.1) is 12.0 Å². The summed E-state index contributed by atoms with van der Waals surface area (Å²) in [5, 5.41) is 1.61. The maximum atomic E-state index is 5.88. The lowest BCUT2D eigenvalue weighted by molar-refractivity contribution is 0.557. The molecule has 0 aliphatic heterocycles. The van der Waals surface area contributed by atoms with Crippen LogP contribution in [0.3, 0.4) is 0 Å². The van der Waals surface area contributed by atoms with Crippen LogP contribution >= 0.6 is 0 Å². The predicted molar refractivity (Wildman–Crippen MR) is 81.4 cm³/mol. The van der Waals surface area contributed by atoms with Crippen molar-refractivity contribution in [2.75, 3.05) is 12.1 Å². The van der Waals surface area contributed by atoms with Crippen LogP contribution in [0.4, 0.5) is 5.69 Å². The van der Waals surface area contributed by atoms with Gasteiger partial charge < -0.3 is 9.43 Å². The van der Waals surface area contributed by atoms with Gasteiger partial charge in [0.1, 0.15) is 5.76 Å². The van der Waals surface area contributed by atoms with E-state index in [1.165, 1.54) is 0 Å². The van der Waals surface area contributed by atoms with E-state index in [9.17, 15) is 0 Å². The van der Waals surface area contributed by atoms with Gasteiger partial charge in [0.2, 0.25) is 0 Å². The number of rotatable bonds is 4. The van der Waals surface area contributed by atoms with Crippen molar-refractivity contribution in [2.45, 2.75) is 6.92 Å². The van der Waals surface area contributed by atoms with Gasteiger partial charge in [-0.3, -0.25) is 0 Å². The summed E-state index contributed by atoms with van der Waals surface area (Å²) in [6, 6.07) is 9.77. The van der Waals surface area contributed by atoms with E-state index >= 15 is 0 Å². The fourth-order valence-electron chi connectivity index (χ4n) is 1.96. The fourth-order valence-corrected chi connectivity index (χ4v) is 1.96. The van der Waals surface area contributed by atoms with Crippen molar-refractivity contribution in [2.24, 2.45) is 5.84 Å². The average Bonchev–Trinajstić information content (AvgIpc) is 2.88. The standard InChI is InChI=1S/C16H18N2O/c1-12(2)14-7-4-8-16(18(3)17)15(14)10-9-13-6-5-11-19-13/h4-11H,1,17H2,2-3H3/b10-9+. The van der Waals surface area contributed by atoms with E-state index in [4.69, 9.17) is 10.3 Å². The molecule has 0 unspecified atom stereocenters. The topological polar surface area (TPSA) is 42.4 Å². The van der Waals surface area contributed by atoms with Gasteiger partial charge in [-0.25, -0.2) is 5.84 Å². The molecular formula is C16H18N2O. The molecule has 0 bridgehead atoms. The van der Waals surface area contributed by atoms with Crippen molar-refractivity contribution < 1.29 is 4.42 Å². The molecule has 2 aromatic rings. The minimum absolute atomic E-state index is 0.808. The Bertz CT molecular complexity index is 595. The molecule has 2 N–H and O–H groups in total. The molecule has 0 atom stereocenters. The molecule has 0 aliphatic rings. The van der Waals surface area contributed by atoms with E-state index in [0.717, 1.165) is 28.1 Å². The molecule has 0 spiro atoms. The largest absolute Gasteiger partial charge is 0.465 e. The molecule has 2 rings (SSSR count). The van der Waals surface area contributed by atoms with Crippen LogP contribution in [0.1, 0.15) is 23.8 Å². The highest BCUT2D eigenvalue weighted by Gasteiger charge is 2.08. The summed E-state index contributed by atoms with van der Waals surface area (Å²) in [7, 11) is 1.82. The molecule has 0 saturated carbocycles. The number of hydrogen-bond acceptors (Lipinski definition) is 3. The number of hydrazine groups is 1. The minimum atomic E-state index is 0.808. The van der Waals surface area contributed by atoms with Crippen molar-refractivity contribution in [1.29, 1.82) is 0 Å². The van der Waals surface area contributed by atoms with E-state index in [2.05, 4.69) is 6.58 Å². The Hall–Kier alpha value is -2.26. The van der Waals surface area contributed by atoms with Gasteiger partial charge in [-0.1, -0.05) is 24.3 Å². The first kappa shape index (κ1) is 13.2. The summed E-state index contributed by atoms with van der Waals surface area (Å²) in [5.41, 5.74) is 4.07. The lowest BCUT2D eigenvalue weighted by Gasteiger charge is -2.18. The van der Waals surface area contributed by atoms with Crippen LogP contribution in [-0.2, 0) is 0 Å². The molecule has 3 nitrogen and oxygen atoms in total. The summed E-state index contributed by atoms with van der Waals surface area (Å²) >= 11 is 0. The molecule has 0 fully saturated rings. The molecular weight excluding hydrogens is 236 g/mol. The first-order valence-electron chi connectivity index (χ1n) is 6.08. The maximum Gasteiger partial charge on any atom is 0.126 e. The molecule has 0 aliphatic carbocycles. The van der Waals surface area contributed by atoms with Crippen LogP contribution in [0.2, 0.25) is 0 Å². The molecule has 19 heavy (non-hydrogen) atoms. The van der Waals surface area contributed by atoms with E-state index in [1.54, 1.807) is 11.3 Å². The normalized spacial score (nSPS) is 10.9. The highest BCUT2D eigenvalue weighted by molar-refractivity contribution is 5.84. The lowest BCUT2D eigenvalue weighted by atomic mass is 9.99. The van der Waals surface area contributed by atoms with Gasteiger partial charge in [-0.05, 0) is 42.8 Å². The Labute approximate surface area is 113 Å². The van der Waals surface area contributed by atoms with E-state index in [-0.39, 0.29) is 0 Å². The highest BCUT2D eigenvalue weighted by Crippen LogP contribution is 2.28. The van der Waals surface area contributed by atoms with Crippen LogP contribution in [-0.4, -0.2) is 7.05 Å². The van der Waals surface area contributed by atoms with Gasteiger partial charge in [0.25, 0.3) is 0 Å². The first-order chi connectivity index (χ1) is 9.09. The zero-order chi connectivity index (χ0) is 13.8. The Morgan fingerprint density at radius 1 is 1.26 bits per heavy atom. The summed E-state index contributed by atoms with van der Waals surface area (Å²) in [6.45, 7) is 6.00. The third kappa shape index (κ3) is 2.95. The Kier molecular flexibility index (Phi) is 3.88. The Morgan fingerprint density at radius 2 is 2.05 bits per heavy atom. The summed E-state index contributed by atoms with van der Waals surface area (Å²) in [5.74, 6) is 6.69. The molecule has 1 aromatic carbocycles. The highest BCUT2D eigenvalue weighted by atomic mass is 16.3. The van der Waals surface area contributed by atoms with Crippen molar-refractivity contribution in [3.05, 3.63) is 60.1 Å². The third-order valence-electron chi connectivity index (χ3n) is 2.88. The third-order valence-corrected chi connectivity index (χ3v) is 2.88. The molecule has 0 radical (unpaired) electrons. The second-order valence-corrected chi connectivity index (χ2v) is 4.48. The summed E-state index contributed by atoms with van der Waals surface area (Å²) in [4.78, 5) is 0. The van der Waals surface area contributed by atoms with Crippen LogP contribution < -0.4 is 10.9 Å². The predicted octanol–water partition coefficient (Wildman–Crippen LogP) is 3.79. The van der Waals surface area contributed by atoms with E-state index in [1.807, 2.05) is 56.5 Å². The van der Waals surface area contributed by atoms with Crippen molar-refractivity contribution >= 4 is 23.4 Å². The first-order valence-corrected chi connectivity index (χ1v) is 6.08. The number of allylic oxidation sites excluding steroid dienone is 1. The zero-order valence-electron chi connectivity index (χ0n) is 11.3. The lowest BCUT2D eigenvalue weighted by Crippen LogP contribution is -2.26. The number of anilines is 1. The monoisotopic (exact) mass is 254 g/mol. The second kappa shape index (κ2) is 5.59. The van der Waals surface area contributed by atoms with Crippen LogP contribution in [0.15, 0.2) is 47.6 Å². The number of nitrogens with two attached hydrogens (primary N) is 1. The van der Waals surface area contributed by atoms with Crippen LogP contribution in [0, 0.1) is 0 Å². The number of nitrogens with zero attached hydrogens (tertiary/aromatic N) is 1. The van der Waals surface area contributed by atoms with Gasteiger partial charge in [0, 0.05) is 12.6 Å². The van der Waals surface area contributed by atoms with E-state index < -0.39 is 0 Å². The molecule has 3 heteroatoms. The number of hydrogen-bond donors (Lipinski definition) is 1. The van der Waals surface area contributed by atoms with Crippen LogP contribution in [0.25, 0.3) is 17.7 Å². The minimum Gasteiger partial charge on any atom is -0.465 e. The van der Waals surface area contributed by atoms with E-state index in [0.29, 0.717) is 0 Å². The Morgan fingerprint density at radius 3 is 2.63 bits per heavy atom. The van der Waals surface area contributed by atoms with Crippen molar-refractivity contribution in [3.63, 3.8) is 0 Å². The Balaban J connectivity index is 2.49. The second-order valence-electron chi connectivity index (χ2n) is 4.48. The maximum absolute atomic E-state index is 5.88.